The van der Waals surface area contributed by atoms with Crippen LogP contribution in [0.1, 0.15) is 47.3 Å². The molecule has 37 heavy (non-hydrogen) atoms. The molecule has 3 atom stereocenters. The lowest BCUT2D eigenvalue weighted by Crippen LogP contribution is -2.43. The number of likely N-dealkylation sites (N-methyl/N-ethyl adjacent to an activating group) is 1. The summed E-state index contributed by atoms with van der Waals surface area (Å²) in [6.07, 6.45) is 5.57. The number of halogens is 2. The molecule has 5 N–H and O–H groups in total. The summed E-state index contributed by atoms with van der Waals surface area (Å²) in [6.45, 7) is 0. The molecule has 3 heterocycles. The number of nitrogens with one attached hydrogen (secondary N) is 3. The van der Waals surface area contributed by atoms with Gasteiger partial charge in [-0.25, -0.2) is 24.6 Å². The van der Waals surface area contributed by atoms with Crippen molar-refractivity contribution >= 4 is 23.2 Å². The van der Waals surface area contributed by atoms with E-state index in [2.05, 4.69) is 44.8 Å². The number of hydrazine groups is 1. The SMILES string of the molecule is COC1=CN(C)C(C(F)F)C=C1c1cc(C#CC2(N)CC2)ncc1C(=O)NC1NNC(C#CC2CC2)S1. The molecule has 0 radical (unpaired) electrons. The Morgan fingerprint density at radius 1 is 1.35 bits per heavy atom. The van der Waals surface area contributed by atoms with E-state index in [4.69, 9.17) is 10.5 Å². The van der Waals surface area contributed by atoms with Crippen LogP contribution in [-0.2, 0) is 4.74 Å². The molecule has 0 aromatic carbocycles. The van der Waals surface area contributed by atoms with Crippen molar-refractivity contribution in [2.45, 2.75) is 54.6 Å². The van der Waals surface area contributed by atoms with Gasteiger partial charge in [0.2, 0.25) is 0 Å². The lowest BCUT2D eigenvalue weighted by atomic mass is 9.94. The van der Waals surface area contributed by atoms with Crippen LogP contribution in [0.4, 0.5) is 8.78 Å². The highest BCUT2D eigenvalue weighted by Gasteiger charge is 2.36. The minimum Gasteiger partial charge on any atom is -0.495 e. The van der Waals surface area contributed by atoms with Crippen LogP contribution in [0.25, 0.3) is 5.57 Å². The fourth-order valence-corrected chi connectivity index (χ4v) is 4.69. The summed E-state index contributed by atoms with van der Waals surface area (Å²) in [7, 11) is 3.01. The third-order valence-corrected chi connectivity index (χ3v) is 7.43. The van der Waals surface area contributed by atoms with Crippen LogP contribution < -0.4 is 21.9 Å². The molecule has 1 amide bonds. The Labute approximate surface area is 218 Å². The van der Waals surface area contributed by atoms with Crippen molar-refractivity contribution in [3.8, 4) is 23.7 Å². The van der Waals surface area contributed by atoms with E-state index in [1.54, 1.807) is 13.1 Å². The van der Waals surface area contributed by atoms with Crippen LogP contribution in [0.5, 0.6) is 0 Å². The van der Waals surface area contributed by atoms with E-state index in [0.29, 0.717) is 28.5 Å². The predicted octanol–water partition coefficient (Wildman–Crippen LogP) is 1.97. The number of alkyl halides is 2. The quantitative estimate of drug-likeness (QED) is 0.432. The number of amides is 1. The van der Waals surface area contributed by atoms with Crippen molar-refractivity contribution in [2.24, 2.45) is 11.7 Å². The van der Waals surface area contributed by atoms with Crippen LogP contribution in [0, 0.1) is 29.6 Å². The second kappa shape index (κ2) is 10.3. The lowest BCUT2D eigenvalue weighted by molar-refractivity contribution is 0.0780. The Morgan fingerprint density at radius 2 is 2.14 bits per heavy atom. The highest BCUT2D eigenvalue weighted by molar-refractivity contribution is 8.00. The molecular formula is C26H28F2N6O2S. The van der Waals surface area contributed by atoms with Gasteiger partial charge < -0.3 is 20.7 Å². The van der Waals surface area contributed by atoms with Gasteiger partial charge in [0.15, 0.2) is 0 Å². The molecule has 3 unspecified atom stereocenters. The maximum absolute atomic E-state index is 13.8. The number of rotatable bonds is 5. The van der Waals surface area contributed by atoms with Crippen LogP contribution in [0.2, 0.25) is 0 Å². The molecule has 2 aliphatic carbocycles. The Balaban J connectivity index is 1.44. The largest absolute Gasteiger partial charge is 0.495 e. The Bertz CT molecular complexity index is 1270. The molecule has 4 aliphatic rings. The molecule has 5 rings (SSSR count). The van der Waals surface area contributed by atoms with Crippen molar-refractivity contribution in [3.05, 3.63) is 47.1 Å². The second-order valence-electron chi connectivity index (χ2n) is 9.51. The van der Waals surface area contributed by atoms with E-state index in [0.717, 1.165) is 25.7 Å². The minimum atomic E-state index is -2.64. The number of hydrogen-bond acceptors (Lipinski definition) is 8. The fourth-order valence-electron chi connectivity index (χ4n) is 3.84. The second-order valence-corrected chi connectivity index (χ2v) is 10.7. The predicted molar refractivity (Wildman–Crippen MR) is 137 cm³/mol. The molecule has 1 aromatic heterocycles. The number of nitrogens with two attached hydrogens (primary N) is 1. The van der Waals surface area contributed by atoms with Crippen molar-refractivity contribution in [2.75, 3.05) is 14.2 Å². The summed E-state index contributed by atoms with van der Waals surface area (Å²) in [5.41, 5.74) is 12.6. The molecule has 11 heteroatoms. The Morgan fingerprint density at radius 3 is 2.81 bits per heavy atom. The summed E-state index contributed by atoms with van der Waals surface area (Å²) < 4.78 is 33.1. The molecule has 8 nitrogen and oxygen atoms in total. The zero-order chi connectivity index (χ0) is 26.2. The molecule has 0 spiro atoms. The zero-order valence-corrected chi connectivity index (χ0v) is 21.3. The van der Waals surface area contributed by atoms with Crippen molar-refractivity contribution in [1.29, 1.82) is 0 Å². The molecule has 2 aliphatic heterocycles. The van der Waals surface area contributed by atoms with Crippen LogP contribution in [-0.4, -0.2) is 58.8 Å². The maximum atomic E-state index is 13.8. The van der Waals surface area contributed by atoms with Gasteiger partial charge in [0.25, 0.3) is 12.3 Å². The van der Waals surface area contributed by atoms with Gasteiger partial charge in [-0.05, 0) is 43.7 Å². The number of ether oxygens (including phenoxy) is 1. The number of nitrogens with zero attached hydrogens (tertiary/aromatic N) is 2. The lowest BCUT2D eigenvalue weighted by Gasteiger charge is -2.30. The third kappa shape index (κ3) is 6.08. The average Bonchev–Trinajstić information content (AvgIpc) is 3.80. The van der Waals surface area contributed by atoms with Crippen LogP contribution in [0.3, 0.4) is 0 Å². The van der Waals surface area contributed by atoms with Gasteiger partial charge in [-0.2, -0.15) is 0 Å². The summed E-state index contributed by atoms with van der Waals surface area (Å²) >= 11 is 1.43. The molecule has 194 valence electrons. The van der Waals surface area contributed by atoms with Gasteiger partial charge in [0, 0.05) is 36.5 Å². The fraction of sp³-hybridized carbons (Fsp3) is 0.462. The standard InChI is InChI=1S/C26H28F2N6O2S/c1-34-14-21(36-2)18(12-20(34)23(27)28)17-11-16(7-8-26(29)9-10-26)30-13-19(17)24(35)31-25-33-32-22(37-25)6-5-15-3-4-15/h11-15,20,22-23,25,32-33H,3-4,9-10,29H2,1-2H3,(H,31,35). The first-order valence-corrected chi connectivity index (χ1v) is 13.0. The number of allylic oxidation sites excluding steroid dienone is 1. The monoisotopic (exact) mass is 526 g/mol. The van der Waals surface area contributed by atoms with Crippen LogP contribution >= 0.6 is 11.8 Å². The number of carbonyl (C=O) groups is 1. The summed E-state index contributed by atoms with van der Waals surface area (Å²) in [5.74, 6) is 12.8. The van der Waals surface area contributed by atoms with E-state index in [9.17, 15) is 13.6 Å². The summed E-state index contributed by atoms with van der Waals surface area (Å²) in [4.78, 5) is 19.1. The molecule has 2 saturated carbocycles. The van der Waals surface area contributed by atoms with E-state index in [1.165, 1.54) is 42.2 Å². The van der Waals surface area contributed by atoms with Gasteiger partial charge >= 0.3 is 0 Å². The first-order chi connectivity index (χ1) is 17.7. The average molecular weight is 527 g/mol. The van der Waals surface area contributed by atoms with E-state index < -0.39 is 29.4 Å². The van der Waals surface area contributed by atoms with Crippen molar-refractivity contribution in [3.63, 3.8) is 0 Å². The first kappa shape index (κ1) is 25.6. The molecule has 1 aromatic rings. The van der Waals surface area contributed by atoms with Crippen molar-refractivity contribution in [1.82, 2.24) is 26.1 Å². The Kier molecular flexibility index (Phi) is 7.15. The van der Waals surface area contributed by atoms with Crippen molar-refractivity contribution < 1.29 is 18.3 Å². The number of aromatic nitrogens is 1. The minimum absolute atomic E-state index is 0.154. The van der Waals surface area contributed by atoms with Gasteiger partial charge in [-0.3, -0.25) is 4.79 Å². The van der Waals surface area contributed by atoms with Crippen LogP contribution in [0.15, 0.2) is 30.3 Å². The highest BCUT2D eigenvalue weighted by atomic mass is 32.2. The summed E-state index contributed by atoms with van der Waals surface area (Å²) in [6, 6.07) is 0.436. The van der Waals surface area contributed by atoms with Gasteiger partial charge in [0.05, 0.1) is 18.2 Å². The zero-order valence-electron chi connectivity index (χ0n) is 20.5. The number of thioether (sulfide) groups is 1. The molecule has 1 saturated heterocycles. The van der Waals surface area contributed by atoms with E-state index in [1.807, 2.05) is 0 Å². The number of pyridine rings is 1. The number of hydrogen-bond donors (Lipinski definition) is 4. The molecule has 0 bridgehead atoms. The van der Waals surface area contributed by atoms with E-state index in [-0.39, 0.29) is 10.9 Å². The topological polar surface area (TPSA) is 105 Å². The van der Waals surface area contributed by atoms with Gasteiger partial charge in [0.1, 0.15) is 28.4 Å². The molecular weight excluding hydrogens is 498 g/mol. The summed E-state index contributed by atoms with van der Waals surface area (Å²) in [5, 5.41) is 2.76. The smallest absolute Gasteiger partial charge is 0.262 e. The van der Waals surface area contributed by atoms with Gasteiger partial charge in [-0.1, -0.05) is 29.5 Å². The number of methoxy groups -OCH3 is 1. The maximum Gasteiger partial charge on any atom is 0.262 e. The Hall–Kier alpha value is -3.09. The van der Waals surface area contributed by atoms with E-state index >= 15 is 0 Å². The van der Waals surface area contributed by atoms with Gasteiger partial charge in [-0.15, -0.1) is 0 Å². The highest BCUT2D eigenvalue weighted by Crippen LogP contribution is 2.34. The molecule has 3 fully saturated rings. The number of carbonyl (C=O) groups excluding carboxylic acids is 1. The first-order valence-electron chi connectivity index (χ1n) is 12.0. The normalized spacial score (nSPS) is 25.8. The third-order valence-electron chi connectivity index (χ3n) is 6.41.